The molecule has 3 N–H and O–H groups in total. The van der Waals surface area contributed by atoms with Crippen LogP contribution in [0.15, 0.2) is 12.7 Å². The van der Waals surface area contributed by atoms with Crippen LogP contribution in [0.2, 0.25) is 0 Å². The quantitative estimate of drug-likeness (QED) is 0.506. The van der Waals surface area contributed by atoms with Gasteiger partial charge in [-0.05, 0) is 6.42 Å². The largest absolute Gasteiger partial charge is 0.480 e. The van der Waals surface area contributed by atoms with E-state index in [-0.39, 0.29) is 19.1 Å². The SMILES string of the molecule is C=CCC(NC(=O)NCC(COC)OC)C(=O)O. The van der Waals surface area contributed by atoms with E-state index >= 15 is 0 Å². The molecule has 2 amide bonds. The van der Waals surface area contributed by atoms with Gasteiger partial charge in [-0.3, -0.25) is 0 Å². The van der Waals surface area contributed by atoms with E-state index < -0.39 is 18.0 Å². The second-order valence-corrected chi connectivity index (χ2v) is 3.58. The van der Waals surface area contributed by atoms with Gasteiger partial charge >= 0.3 is 12.0 Å². The van der Waals surface area contributed by atoms with E-state index in [9.17, 15) is 9.59 Å². The normalized spacial score (nSPS) is 13.4. The van der Waals surface area contributed by atoms with Crippen LogP contribution in [-0.4, -0.2) is 56.6 Å². The summed E-state index contributed by atoms with van der Waals surface area (Å²) >= 11 is 0. The van der Waals surface area contributed by atoms with Crippen molar-refractivity contribution < 1.29 is 24.2 Å². The lowest BCUT2D eigenvalue weighted by Crippen LogP contribution is -2.48. The maximum atomic E-state index is 11.4. The molecule has 104 valence electrons. The van der Waals surface area contributed by atoms with Crippen molar-refractivity contribution in [2.75, 3.05) is 27.4 Å². The molecule has 2 atom stereocenters. The van der Waals surface area contributed by atoms with E-state index in [0.29, 0.717) is 6.61 Å². The number of hydrogen-bond donors (Lipinski definition) is 3. The molecule has 0 aromatic rings. The van der Waals surface area contributed by atoms with Crippen molar-refractivity contribution in [3.8, 4) is 0 Å². The number of nitrogens with one attached hydrogen (secondary N) is 2. The minimum absolute atomic E-state index is 0.161. The Bertz CT molecular complexity index is 283. The van der Waals surface area contributed by atoms with Crippen LogP contribution in [0.4, 0.5) is 4.79 Å². The molecule has 0 saturated carbocycles. The summed E-state index contributed by atoms with van der Waals surface area (Å²) in [5.74, 6) is -1.11. The molecule has 0 spiro atoms. The Kier molecular flexibility index (Phi) is 8.59. The number of carboxylic acids is 1. The van der Waals surface area contributed by atoms with Gasteiger partial charge in [0.05, 0.1) is 12.7 Å². The highest BCUT2D eigenvalue weighted by Crippen LogP contribution is 1.93. The van der Waals surface area contributed by atoms with E-state index in [0.717, 1.165) is 0 Å². The topological polar surface area (TPSA) is 96.9 Å². The summed E-state index contributed by atoms with van der Waals surface area (Å²) in [5.41, 5.74) is 0. The number of carboxylic acid groups (broad SMARTS) is 1. The van der Waals surface area contributed by atoms with Gasteiger partial charge in [-0.2, -0.15) is 0 Å². The molecule has 7 heteroatoms. The number of amides is 2. The van der Waals surface area contributed by atoms with Gasteiger partial charge in [0, 0.05) is 20.8 Å². The third kappa shape index (κ3) is 6.87. The van der Waals surface area contributed by atoms with Crippen LogP contribution in [0, 0.1) is 0 Å². The van der Waals surface area contributed by atoms with E-state index in [2.05, 4.69) is 17.2 Å². The number of ether oxygens (including phenoxy) is 2. The van der Waals surface area contributed by atoms with Crippen LogP contribution in [0.1, 0.15) is 6.42 Å². The van der Waals surface area contributed by atoms with Crippen molar-refractivity contribution in [3.05, 3.63) is 12.7 Å². The molecule has 0 aromatic carbocycles. The predicted molar refractivity (Wildman–Crippen MR) is 65.4 cm³/mol. The Balaban J connectivity index is 4.07. The summed E-state index contributed by atoms with van der Waals surface area (Å²) in [4.78, 5) is 22.2. The monoisotopic (exact) mass is 260 g/mol. The number of rotatable bonds is 9. The van der Waals surface area contributed by atoms with Crippen LogP contribution in [0.25, 0.3) is 0 Å². The second kappa shape index (κ2) is 9.43. The van der Waals surface area contributed by atoms with Crippen LogP contribution < -0.4 is 10.6 Å². The smallest absolute Gasteiger partial charge is 0.326 e. The molecule has 0 aliphatic carbocycles. The van der Waals surface area contributed by atoms with Gasteiger partial charge in [0.2, 0.25) is 0 Å². The molecule has 0 aromatic heterocycles. The third-order valence-corrected chi connectivity index (χ3v) is 2.18. The summed E-state index contributed by atoms with van der Waals surface area (Å²) < 4.78 is 9.92. The van der Waals surface area contributed by atoms with Crippen molar-refractivity contribution >= 4 is 12.0 Å². The number of hydrogen-bond acceptors (Lipinski definition) is 4. The zero-order valence-electron chi connectivity index (χ0n) is 10.6. The van der Waals surface area contributed by atoms with Gasteiger partial charge in [0.25, 0.3) is 0 Å². The fourth-order valence-corrected chi connectivity index (χ4v) is 1.20. The van der Waals surface area contributed by atoms with E-state index in [1.54, 1.807) is 0 Å². The lowest BCUT2D eigenvalue weighted by atomic mass is 10.2. The maximum Gasteiger partial charge on any atom is 0.326 e. The van der Waals surface area contributed by atoms with E-state index in [1.165, 1.54) is 20.3 Å². The molecule has 0 aliphatic heterocycles. The number of urea groups is 1. The first-order chi connectivity index (χ1) is 8.54. The highest BCUT2D eigenvalue weighted by atomic mass is 16.5. The first kappa shape index (κ1) is 16.4. The van der Waals surface area contributed by atoms with E-state index in [1.807, 2.05) is 0 Å². The molecule has 0 radical (unpaired) electrons. The Morgan fingerprint density at radius 1 is 1.44 bits per heavy atom. The molecule has 7 nitrogen and oxygen atoms in total. The lowest BCUT2D eigenvalue weighted by Gasteiger charge is -2.17. The summed E-state index contributed by atoms with van der Waals surface area (Å²) in [6.45, 7) is 4.00. The minimum atomic E-state index is -1.11. The van der Waals surface area contributed by atoms with Crippen molar-refractivity contribution in [1.29, 1.82) is 0 Å². The van der Waals surface area contributed by atoms with Crippen LogP contribution in [0.5, 0.6) is 0 Å². The number of carbonyl (C=O) groups is 2. The average molecular weight is 260 g/mol. The van der Waals surface area contributed by atoms with Crippen LogP contribution >= 0.6 is 0 Å². The van der Waals surface area contributed by atoms with Crippen molar-refractivity contribution in [2.45, 2.75) is 18.6 Å². The summed E-state index contributed by atoms with van der Waals surface area (Å²) in [7, 11) is 3.03. The standard InChI is InChI=1S/C11H20N2O5/c1-4-5-9(10(14)15)13-11(16)12-6-8(18-3)7-17-2/h4,8-9H,1,5-7H2,2-3H3,(H,14,15)(H2,12,13,16). The van der Waals surface area contributed by atoms with Gasteiger partial charge in [0.15, 0.2) is 0 Å². The molecular formula is C11H20N2O5. The molecule has 0 rings (SSSR count). The Morgan fingerprint density at radius 2 is 2.11 bits per heavy atom. The maximum absolute atomic E-state index is 11.4. The Labute approximate surface area is 106 Å². The molecule has 0 saturated heterocycles. The van der Waals surface area contributed by atoms with E-state index in [4.69, 9.17) is 14.6 Å². The predicted octanol–water partition coefficient (Wildman–Crippen LogP) is -0.0237. The van der Waals surface area contributed by atoms with Gasteiger partial charge in [-0.15, -0.1) is 6.58 Å². The summed E-state index contributed by atoms with van der Waals surface area (Å²) in [5, 5.41) is 13.7. The molecule has 18 heavy (non-hydrogen) atoms. The lowest BCUT2D eigenvalue weighted by molar-refractivity contribution is -0.139. The summed E-state index contributed by atoms with van der Waals surface area (Å²) in [6.07, 6.45) is 1.32. The van der Waals surface area contributed by atoms with Crippen molar-refractivity contribution in [3.63, 3.8) is 0 Å². The van der Waals surface area contributed by atoms with Gasteiger partial charge in [0.1, 0.15) is 6.04 Å². The molecule has 0 heterocycles. The summed E-state index contributed by atoms with van der Waals surface area (Å²) in [6, 6.07) is -1.55. The Morgan fingerprint density at radius 3 is 2.56 bits per heavy atom. The van der Waals surface area contributed by atoms with Gasteiger partial charge < -0.3 is 25.2 Å². The number of methoxy groups -OCH3 is 2. The number of aliphatic carboxylic acids is 1. The fraction of sp³-hybridized carbons (Fsp3) is 0.636. The zero-order chi connectivity index (χ0) is 14.0. The van der Waals surface area contributed by atoms with Gasteiger partial charge in [-0.25, -0.2) is 9.59 Å². The molecule has 0 fully saturated rings. The van der Waals surface area contributed by atoms with Crippen molar-refractivity contribution in [1.82, 2.24) is 10.6 Å². The zero-order valence-corrected chi connectivity index (χ0v) is 10.6. The average Bonchev–Trinajstić information content (AvgIpc) is 2.33. The highest BCUT2D eigenvalue weighted by Gasteiger charge is 2.18. The molecule has 0 bridgehead atoms. The van der Waals surface area contributed by atoms with Gasteiger partial charge in [-0.1, -0.05) is 6.08 Å². The third-order valence-electron chi connectivity index (χ3n) is 2.18. The first-order valence-corrected chi connectivity index (χ1v) is 5.44. The highest BCUT2D eigenvalue weighted by molar-refractivity contribution is 5.82. The minimum Gasteiger partial charge on any atom is -0.480 e. The van der Waals surface area contributed by atoms with Crippen LogP contribution in [-0.2, 0) is 14.3 Å². The second-order valence-electron chi connectivity index (χ2n) is 3.58. The molecule has 0 aliphatic rings. The fourth-order valence-electron chi connectivity index (χ4n) is 1.20. The number of carbonyl (C=O) groups excluding carboxylic acids is 1. The van der Waals surface area contributed by atoms with Crippen molar-refractivity contribution in [2.24, 2.45) is 0 Å². The Hall–Kier alpha value is -1.60. The van der Waals surface area contributed by atoms with Crippen LogP contribution in [0.3, 0.4) is 0 Å². The molecule has 2 unspecified atom stereocenters. The molecular weight excluding hydrogens is 240 g/mol. The first-order valence-electron chi connectivity index (χ1n) is 5.44.